The molecule has 3 unspecified atom stereocenters. The molecule has 13 nitrogen and oxygen atoms in total. The van der Waals surface area contributed by atoms with Crippen molar-refractivity contribution in [2.75, 3.05) is 49.2 Å². The number of ether oxygens (including phenoxy) is 3. The summed E-state index contributed by atoms with van der Waals surface area (Å²) >= 11 is 0. The lowest BCUT2D eigenvalue weighted by molar-refractivity contribution is -0.191. The van der Waals surface area contributed by atoms with Gasteiger partial charge in [-0.05, 0) is 67.9 Å². The molecule has 0 spiro atoms. The molecule has 262 valence electrons. The van der Waals surface area contributed by atoms with Gasteiger partial charge in [-0.15, -0.1) is 0 Å². The smallest absolute Gasteiger partial charge is 0.350 e. The Bertz CT molecular complexity index is 2120. The second-order valence-corrected chi connectivity index (χ2v) is 13.0. The van der Waals surface area contributed by atoms with E-state index in [1.54, 1.807) is 39.0 Å². The zero-order valence-electron chi connectivity index (χ0n) is 28.8. The summed E-state index contributed by atoms with van der Waals surface area (Å²) in [6.07, 6.45) is 7.22. The van der Waals surface area contributed by atoms with E-state index in [1.165, 1.54) is 0 Å². The molecule has 8 rings (SSSR count). The lowest BCUT2D eigenvalue weighted by Gasteiger charge is -2.37. The maximum Gasteiger partial charge on any atom is 0.350 e. The van der Waals surface area contributed by atoms with E-state index >= 15 is 0 Å². The number of aromatic nitrogens is 7. The number of hydrogen-bond donors (Lipinski definition) is 0. The van der Waals surface area contributed by atoms with Crippen LogP contribution in [0.2, 0.25) is 0 Å². The average molecular weight is 688 g/mol. The van der Waals surface area contributed by atoms with Crippen LogP contribution < -0.4 is 20.2 Å². The van der Waals surface area contributed by atoms with Gasteiger partial charge < -0.3 is 24.0 Å². The summed E-state index contributed by atoms with van der Waals surface area (Å²) in [5, 5.41) is 13.9. The van der Waals surface area contributed by atoms with Crippen LogP contribution in [0.4, 0.5) is 11.4 Å². The number of benzene rings is 3. The zero-order chi connectivity index (χ0) is 34.8. The Morgan fingerprint density at radius 3 is 2.22 bits per heavy atom. The third-order valence-corrected chi connectivity index (χ3v) is 9.83. The quantitative estimate of drug-likeness (QED) is 0.188. The number of piperazine rings is 1. The summed E-state index contributed by atoms with van der Waals surface area (Å²) in [5.41, 5.74) is 4.67. The minimum Gasteiger partial charge on any atom is -0.491 e. The number of fused-ring (bicyclic) bond motifs is 1. The number of rotatable bonds is 11. The molecular formula is C38H41N9O4. The van der Waals surface area contributed by atoms with E-state index in [0.29, 0.717) is 13.2 Å². The van der Waals surface area contributed by atoms with E-state index in [0.717, 1.165) is 71.9 Å². The maximum absolute atomic E-state index is 12.8. The van der Waals surface area contributed by atoms with E-state index < -0.39 is 5.79 Å². The molecule has 2 fully saturated rings. The first kappa shape index (κ1) is 32.7. The van der Waals surface area contributed by atoms with Gasteiger partial charge in [0.1, 0.15) is 31.3 Å². The van der Waals surface area contributed by atoms with Gasteiger partial charge in [0.2, 0.25) is 5.79 Å². The predicted octanol–water partition coefficient (Wildman–Crippen LogP) is 4.82. The lowest BCUT2D eigenvalue weighted by Crippen LogP contribution is -2.46. The first-order valence-corrected chi connectivity index (χ1v) is 17.5. The highest BCUT2D eigenvalue weighted by atomic mass is 16.8. The van der Waals surface area contributed by atoms with Crippen molar-refractivity contribution in [2.45, 2.75) is 44.7 Å². The van der Waals surface area contributed by atoms with Crippen LogP contribution in [0.5, 0.6) is 5.75 Å². The molecule has 5 heterocycles. The molecule has 6 aromatic rings. The summed E-state index contributed by atoms with van der Waals surface area (Å²) in [7, 11) is 0. The van der Waals surface area contributed by atoms with Crippen molar-refractivity contribution in [1.29, 1.82) is 0 Å². The molecule has 3 aromatic carbocycles. The minimum atomic E-state index is -1.11. The molecule has 2 aliphatic heterocycles. The van der Waals surface area contributed by atoms with E-state index in [-0.39, 0.29) is 24.4 Å². The Kier molecular flexibility index (Phi) is 8.97. The Morgan fingerprint density at radius 2 is 1.51 bits per heavy atom. The zero-order valence-corrected chi connectivity index (χ0v) is 28.8. The molecule has 13 heteroatoms. The van der Waals surface area contributed by atoms with Crippen LogP contribution in [0.1, 0.15) is 31.9 Å². The first-order valence-electron chi connectivity index (χ1n) is 17.5. The van der Waals surface area contributed by atoms with Crippen molar-refractivity contribution in [2.24, 2.45) is 0 Å². The summed E-state index contributed by atoms with van der Waals surface area (Å²) in [5.74, 6) is -0.334. The van der Waals surface area contributed by atoms with Gasteiger partial charge in [-0.25, -0.2) is 14.0 Å². The van der Waals surface area contributed by atoms with E-state index in [1.807, 2.05) is 61.5 Å². The molecule has 51 heavy (non-hydrogen) atoms. The summed E-state index contributed by atoms with van der Waals surface area (Å²) in [6, 6.07) is 26.4. The van der Waals surface area contributed by atoms with Crippen molar-refractivity contribution in [1.82, 2.24) is 34.3 Å². The Balaban J connectivity index is 0.867. The van der Waals surface area contributed by atoms with Crippen LogP contribution >= 0.6 is 0 Å². The number of anilines is 2. The normalized spacial score (nSPS) is 19.8. The molecule has 0 N–H and O–H groups in total. The highest BCUT2D eigenvalue weighted by Gasteiger charge is 2.46. The number of hydrogen-bond acceptors (Lipinski definition) is 10. The Labute approximate surface area is 295 Å². The van der Waals surface area contributed by atoms with Gasteiger partial charge in [0.15, 0.2) is 0 Å². The van der Waals surface area contributed by atoms with Gasteiger partial charge >= 0.3 is 5.69 Å². The number of pyridine rings is 1. The molecule has 0 aliphatic carbocycles. The highest BCUT2D eigenvalue weighted by Crippen LogP contribution is 2.39. The third-order valence-electron chi connectivity index (χ3n) is 9.83. The van der Waals surface area contributed by atoms with Crippen LogP contribution in [-0.4, -0.2) is 79.8 Å². The van der Waals surface area contributed by atoms with E-state index in [2.05, 4.69) is 61.3 Å². The molecule has 2 aliphatic rings. The number of nitrogens with zero attached hydrogens (tertiary/aromatic N) is 9. The monoisotopic (exact) mass is 687 g/mol. The van der Waals surface area contributed by atoms with Crippen LogP contribution in [-0.2, 0) is 21.8 Å². The van der Waals surface area contributed by atoms with Gasteiger partial charge in [0.25, 0.3) is 0 Å². The van der Waals surface area contributed by atoms with Crippen molar-refractivity contribution in [3.05, 3.63) is 120 Å². The van der Waals surface area contributed by atoms with E-state index in [4.69, 9.17) is 14.2 Å². The summed E-state index contributed by atoms with van der Waals surface area (Å²) in [6.45, 7) is 8.61. The van der Waals surface area contributed by atoms with Crippen LogP contribution in [0.3, 0.4) is 0 Å². The van der Waals surface area contributed by atoms with Gasteiger partial charge in [-0.3, -0.25) is 4.98 Å². The Hall–Kier alpha value is -5.53. The standard InChI is InChI=1S/C38H41N9O4/c1-3-28(2)47-37(48)45(27-42-47)32-11-9-30(10-12-32)43-20-22-44(23-21-43)31-13-15-33(16-14-31)49-24-34-25-50-38(51-34,26-46-40-18-19-41-46)35-8-4-6-29-7-5-17-39-36(29)35/h4-19,27-28,34H,3,20-26H2,1-2H3. The van der Waals surface area contributed by atoms with Crippen LogP contribution in [0.15, 0.2) is 109 Å². The fraction of sp³-hybridized carbons (Fsp3) is 0.342. The average Bonchev–Trinajstić information content (AvgIpc) is 3.95. The predicted molar refractivity (Wildman–Crippen MR) is 193 cm³/mol. The molecule has 0 radical (unpaired) electrons. The van der Waals surface area contributed by atoms with Crippen LogP contribution in [0.25, 0.3) is 16.6 Å². The van der Waals surface area contributed by atoms with Crippen molar-refractivity contribution in [3.8, 4) is 11.4 Å². The molecule has 2 saturated heterocycles. The van der Waals surface area contributed by atoms with Gasteiger partial charge in [0.05, 0.1) is 36.2 Å². The maximum atomic E-state index is 12.8. The number of para-hydroxylation sites is 1. The first-order chi connectivity index (χ1) is 25.0. The third kappa shape index (κ3) is 6.57. The summed E-state index contributed by atoms with van der Waals surface area (Å²) in [4.78, 5) is 23.8. The minimum absolute atomic E-state index is 0.0673. The van der Waals surface area contributed by atoms with Crippen LogP contribution in [0, 0.1) is 0 Å². The SMILES string of the molecule is CCC(C)n1ncn(-c2ccc(N3CCN(c4ccc(OCC5COC(Cn6nccn6)(c6cccc7cccnc67)O5)cc4)CC3)cc2)c1=O. The van der Waals surface area contributed by atoms with Crippen molar-refractivity contribution < 1.29 is 14.2 Å². The van der Waals surface area contributed by atoms with Gasteiger partial charge in [-0.1, -0.05) is 31.2 Å². The fourth-order valence-electron chi connectivity index (χ4n) is 6.84. The molecule has 3 aromatic heterocycles. The van der Waals surface area contributed by atoms with Crippen molar-refractivity contribution >= 4 is 22.3 Å². The van der Waals surface area contributed by atoms with Gasteiger partial charge in [-0.2, -0.15) is 20.1 Å². The lowest BCUT2D eigenvalue weighted by atomic mass is 10.0. The molecule has 0 bridgehead atoms. The molecule has 0 saturated carbocycles. The fourth-order valence-corrected chi connectivity index (χ4v) is 6.84. The summed E-state index contributed by atoms with van der Waals surface area (Å²) < 4.78 is 22.4. The van der Waals surface area contributed by atoms with Crippen molar-refractivity contribution in [3.63, 3.8) is 0 Å². The molecule has 0 amide bonds. The van der Waals surface area contributed by atoms with E-state index in [9.17, 15) is 4.79 Å². The largest absolute Gasteiger partial charge is 0.491 e. The topological polar surface area (TPSA) is 118 Å². The second kappa shape index (κ2) is 14.0. The highest BCUT2D eigenvalue weighted by molar-refractivity contribution is 5.82. The molecule has 3 atom stereocenters. The molecular weight excluding hydrogens is 646 g/mol. The van der Waals surface area contributed by atoms with Gasteiger partial charge in [0, 0.05) is 54.7 Å². The second-order valence-electron chi connectivity index (χ2n) is 13.0. The Morgan fingerprint density at radius 1 is 0.843 bits per heavy atom.